The SMILES string of the molecule is CN(CCNC(=O)OC(C)(C)C)CC1CCCNC1. The molecular weight excluding hydrogens is 242 g/mol. The zero-order valence-electron chi connectivity index (χ0n) is 12.8. The van der Waals surface area contributed by atoms with Crippen LogP contribution in [0.25, 0.3) is 0 Å². The number of amides is 1. The lowest BCUT2D eigenvalue weighted by atomic mass is 9.99. The summed E-state index contributed by atoms with van der Waals surface area (Å²) < 4.78 is 5.19. The van der Waals surface area contributed by atoms with Gasteiger partial charge in [0.25, 0.3) is 0 Å². The van der Waals surface area contributed by atoms with E-state index in [2.05, 4.69) is 22.6 Å². The Morgan fingerprint density at radius 1 is 1.47 bits per heavy atom. The third-order valence-electron chi connectivity index (χ3n) is 3.13. The highest BCUT2D eigenvalue weighted by atomic mass is 16.6. The molecule has 1 atom stereocenters. The van der Waals surface area contributed by atoms with E-state index >= 15 is 0 Å². The fraction of sp³-hybridized carbons (Fsp3) is 0.929. The van der Waals surface area contributed by atoms with E-state index < -0.39 is 5.60 Å². The average molecular weight is 271 g/mol. The fourth-order valence-corrected chi connectivity index (χ4v) is 2.27. The molecule has 19 heavy (non-hydrogen) atoms. The van der Waals surface area contributed by atoms with Crippen molar-refractivity contribution in [2.24, 2.45) is 5.92 Å². The number of carbonyl (C=O) groups excluding carboxylic acids is 1. The summed E-state index contributed by atoms with van der Waals surface area (Å²) in [5.74, 6) is 0.736. The number of nitrogens with one attached hydrogen (secondary N) is 2. The van der Waals surface area contributed by atoms with E-state index in [1.54, 1.807) is 0 Å². The molecule has 1 fully saturated rings. The number of rotatable bonds is 5. The lowest BCUT2D eigenvalue weighted by Gasteiger charge is -2.27. The van der Waals surface area contributed by atoms with E-state index in [1.165, 1.54) is 12.8 Å². The van der Waals surface area contributed by atoms with Crippen LogP contribution >= 0.6 is 0 Å². The maximum Gasteiger partial charge on any atom is 0.407 e. The van der Waals surface area contributed by atoms with Gasteiger partial charge in [-0.25, -0.2) is 4.79 Å². The number of likely N-dealkylation sites (N-methyl/N-ethyl adjacent to an activating group) is 1. The topological polar surface area (TPSA) is 53.6 Å². The summed E-state index contributed by atoms with van der Waals surface area (Å²) in [6.07, 6.45) is 2.24. The van der Waals surface area contributed by atoms with Gasteiger partial charge in [0.2, 0.25) is 0 Å². The number of hydrogen-bond donors (Lipinski definition) is 2. The average Bonchev–Trinajstić information content (AvgIpc) is 2.27. The summed E-state index contributed by atoms with van der Waals surface area (Å²) in [7, 11) is 2.10. The van der Waals surface area contributed by atoms with Crippen molar-refractivity contribution in [3.8, 4) is 0 Å². The Bertz CT molecular complexity index is 270. The minimum Gasteiger partial charge on any atom is -0.444 e. The molecule has 1 heterocycles. The van der Waals surface area contributed by atoms with Crippen molar-refractivity contribution in [2.45, 2.75) is 39.2 Å². The number of piperidine rings is 1. The molecule has 0 saturated carbocycles. The third-order valence-corrected chi connectivity index (χ3v) is 3.13. The van der Waals surface area contributed by atoms with E-state index in [4.69, 9.17) is 4.74 Å². The highest BCUT2D eigenvalue weighted by Crippen LogP contribution is 2.10. The Morgan fingerprint density at radius 2 is 2.21 bits per heavy atom. The molecule has 0 aromatic heterocycles. The first-order valence-corrected chi connectivity index (χ1v) is 7.23. The second-order valence-corrected chi connectivity index (χ2v) is 6.40. The van der Waals surface area contributed by atoms with Crippen molar-refractivity contribution in [3.05, 3.63) is 0 Å². The molecule has 0 bridgehead atoms. The number of ether oxygens (including phenoxy) is 1. The highest BCUT2D eigenvalue weighted by molar-refractivity contribution is 5.67. The fourth-order valence-electron chi connectivity index (χ4n) is 2.27. The third kappa shape index (κ3) is 8.06. The minimum absolute atomic E-state index is 0.333. The van der Waals surface area contributed by atoms with Crippen LogP contribution in [0.5, 0.6) is 0 Å². The van der Waals surface area contributed by atoms with Gasteiger partial charge in [-0.05, 0) is 59.7 Å². The molecule has 0 spiro atoms. The van der Waals surface area contributed by atoms with Crippen LogP contribution < -0.4 is 10.6 Å². The molecule has 1 unspecified atom stereocenters. The van der Waals surface area contributed by atoms with Gasteiger partial charge in [-0.15, -0.1) is 0 Å². The highest BCUT2D eigenvalue weighted by Gasteiger charge is 2.17. The van der Waals surface area contributed by atoms with Crippen LogP contribution in [0.4, 0.5) is 4.79 Å². The summed E-state index contributed by atoms with van der Waals surface area (Å²) in [5.41, 5.74) is -0.427. The molecule has 1 rings (SSSR count). The van der Waals surface area contributed by atoms with Gasteiger partial charge in [0, 0.05) is 19.6 Å². The molecule has 2 N–H and O–H groups in total. The van der Waals surface area contributed by atoms with Gasteiger partial charge in [-0.2, -0.15) is 0 Å². The molecule has 0 aromatic carbocycles. The van der Waals surface area contributed by atoms with Crippen LogP contribution in [0.15, 0.2) is 0 Å². The van der Waals surface area contributed by atoms with E-state index in [1.807, 2.05) is 20.8 Å². The number of hydrogen-bond acceptors (Lipinski definition) is 4. The van der Waals surface area contributed by atoms with Crippen molar-refractivity contribution in [2.75, 3.05) is 39.8 Å². The number of nitrogens with zero attached hydrogens (tertiary/aromatic N) is 1. The van der Waals surface area contributed by atoms with Crippen molar-refractivity contribution in [3.63, 3.8) is 0 Å². The van der Waals surface area contributed by atoms with Crippen LogP contribution in [0, 0.1) is 5.92 Å². The van der Waals surface area contributed by atoms with Gasteiger partial charge in [0.15, 0.2) is 0 Å². The number of carbonyl (C=O) groups is 1. The predicted octanol–water partition coefficient (Wildman–Crippen LogP) is 1.44. The normalized spacial score (nSPS) is 20.4. The molecule has 5 heteroatoms. The molecule has 1 amide bonds. The quantitative estimate of drug-likeness (QED) is 0.794. The van der Waals surface area contributed by atoms with Crippen LogP contribution in [-0.2, 0) is 4.74 Å². The molecule has 1 saturated heterocycles. The van der Waals surface area contributed by atoms with Gasteiger partial charge < -0.3 is 20.3 Å². The molecule has 0 aliphatic carbocycles. The Kier molecular flexibility index (Phi) is 6.58. The second-order valence-electron chi connectivity index (χ2n) is 6.40. The summed E-state index contributed by atoms with van der Waals surface area (Å²) >= 11 is 0. The van der Waals surface area contributed by atoms with Gasteiger partial charge >= 0.3 is 6.09 Å². The van der Waals surface area contributed by atoms with Crippen molar-refractivity contribution in [1.82, 2.24) is 15.5 Å². The predicted molar refractivity (Wildman–Crippen MR) is 77.3 cm³/mol. The van der Waals surface area contributed by atoms with E-state index in [-0.39, 0.29) is 6.09 Å². The van der Waals surface area contributed by atoms with Crippen LogP contribution in [0.2, 0.25) is 0 Å². The van der Waals surface area contributed by atoms with Crippen molar-refractivity contribution < 1.29 is 9.53 Å². The first-order valence-electron chi connectivity index (χ1n) is 7.23. The summed E-state index contributed by atoms with van der Waals surface area (Å²) in [4.78, 5) is 13.7. The Balaban J connectivity index is 2.09. The zero-order valence-corrected chi connectivity index (χ0v) is 12.8. The Hall–Kier alpha value is -0.810. The smallest absolute Gasteiger partial charge is 0.407 e. The van der Waals surface area contributed by atoms with Crippen LogP contribution in [0.1, 0.15) is 33.6 Å². The van der Waals surface area contributed by atoms with E-state index in [9.17, 15) is 4.79 Å². The van der Waals surface area contributed by atoms with Crippen LogP contribution in [-0.4, -0.2) is 56.4 Å². The van der Waals surface area contributed by atoms with E-state index in [0.29, 0.717) is 6.54 Å². The monoisotopic (exact) mass is 271 g/mol. The zero-order chi connectivity index (χ0) is 14.3. The first kappa shape index (κ1) is 16.2. The van der Waals surface area contributed by atoms with Crippen molar-refractivity contribution >= 4 is 6.09 Å². The molecular formula is C14H29N3O2. The maximum absolute atomic E-state index is 11.5. The molecule has 1 aliphatic rings. The largest absolute Gasteiger partial charge is 0.444 e. The van der Waals surface area contributed by atoms with Gasteiger partial charge in [0.1, 0.15) is 5.60 Å². The minimum atomic E-state index is -0.427. The Labute approximate surface area is 117 Å². The molecule has 0 aromatic rings. The molecule has 1 aliphatic heterocycles. The lowest BCUT2D eigenvalue weighted by molar-refractivity contribution is 0.0522. The summed E-state index contributed by atoms with van der Waals surface area (Å²) in [5, 5.41) is 6.21. The number of alkyl carbamates (subject to hydrolysis) is 1. The van der Waals surface area contributed by atoms with Gasteiger partial charge in [-0.3, -0.25) is 0 Å². The molecule has 0 radical (unpaired) electrons. The van der Waals surface area contributed by atoms with Crippen molar-refractivity contribution in [1.29, 1.82) is 0 Å². The molecule has 112 valence electrons. The lowest BCUT2D eigenvalue weighted by Crippen LogP contribution is -2.40. The van der Waals surface area contributed by atoms with E-state index in [0.717, 1.165) is 32.1 Å². The standard InChI is InChI=1S/C14H29N3O2/c1-14(2,3)19-13(18)16-8-9-17(4)11-12-6-5-7-15-10-12/h12,15H,5-11H2,1-4H3,(H,16,18). The maximum atomic E-state index is 11.5. The summed E-state index contributed by atoms with van der Waals surface area (Å²) in [6.45, 7) is 10.5. The molecule has 5 nitrogen and oxygen atoms in total. The second kappa shape index (κ2) is 7.70. The first-order chi connectivity index (χ1) is 8.87. The Morgan fingerprint density at radius 3 is 2.79 bits per heavy atom. The van der Waals surface area contributed by atoms with Crippen LogP contribution in [0.3, 0.4) is 0 Å². The van der Waals surface area contributed by atoms with Gasteiger partial charge in [0.05, 0.1) is 0 Å². The summed E-state index contributed by atoms with van der Waals surface area (Å²) in [6, 6.07) is 0. The van der Waals surface area contributed by atoms with Gasteiger partial charge in [-0.1, -0.05) is 0 Å².